The van der Waals surface area contributed by atoms with Crippen LogP contribution in [-0.4, -0.2) is 18.7 Å². The standard InChI is InChI=1S/C20H29IO3/c1-2-19(9-10-19)7-4-6-15-16(22)13-14(17(23)18(15)24)5-3-8-20(21)11-12-20/h13,22-24H,2-12H2,1H3. The zero-order valence-electron chi connectivity index (χ0n) is 14.6. The number of phenols is 3. The zero-order valence-corrected chi connectivity index (χ0v) is 16.7. The summed E-state index contributed by atoms with van der Waals surface area (Å²) in [5.74, 6) is -0.00283. The van der Waals surface area contributed by atoms with Crippen molar-refractivity contribution < 1.29 is 15.3 Å². The Kier molecular flexibility index (Phi) is 5.24. The second kappa shape index (κ2) is 6.93. The van der Waals surface area contributed by atoms with Crippen LogP contribution in [0, 0.1) is 5.41 Å². The molecule has 0 amide bonds. The van der Waals surface area contributed by atoms with Crippen molar-refractivity contribution in [1.29, 1.82) is 0 Å². The number of aromatic hydroxyl groups is 3. The Labute approximate surface area is 158 Å². The molecule has 0 unspecified atom stereocenters. The number of alkyl halides is 1. The number of aryl methyl sites for hydroxylation is 1. The van der Waals surface area contributed by atoms with Gasteiger partial charge in [-0.1, -0.05) is 35.9 Å². The number of benzene rings is 1. The minimum absolute atomic E-state index is 0.0299. The van der Waals surface area contributed by atoms with Gasteiger partial charge in [0, 0.05) is 14.5 Å². The fourth-order valence-electron chi connectivity index (χ4n) is 3.75. The number of hydrogen-bond acceptors (Lipinski definition) is 3. The molecule has 0 heterocycles. The number of halogens is 1. The second-order valence-electron chi connectivity index (χ2n) is 7.94. The summed E-state index contributed by atoms with van der Waals surface area (Å²) in [5, 5.41) is 30.9. The van der Waals surface area contributed by atoms with Gasteiger partial charge in [-0.2, -0.15) is 0 Å². The molecular formula is C20H29IO3. The highest BCUT2D eigenvalue weighted by Crippen LogP contribution is 2.53. The highest BCUT2D eigenvalue weighted by molar-refractivity contribution is 14.1. The summed E-state index contributed by atoms with van der Waals surface area (Å²) < 4.78 is 0.468. The summed E-state index contributed by atoms with van der Waals surface area (Å²) in [6, 6.07) is 1.66. The maximum absolute atomic E-state index is 10.3. The first-order valence-corrected chi connectivity index (χ1v) is 10.4. The molecular weight excluding hydrogens is 415 g/mol. The molecule has 1 aromatic rings. The lowest BCUT2D eigenvalue weighted by molar-refractivity contribution is 0.379. The molecule has 24 heavy (non-hydrogen) atoms. The molecule has 0 atom stereocenters. The number of phenolic OH excluding ortho intramolecular Hbond substituents is 3. The molecule has 3 N–H and O–H groups in total. The predicted molar refractivity (Wildman–Crippen MR) is 105 cm³/mol. The van der Waals surface area contributed by atoms with Gasteiger partial charge in [0.1, 0.15) is 5.75 Å². The van der Waals surface area contributed by atoms with E-state index < -0.39 is 0 Å². The van der Waals surface area contributed by atoms with E-state index in [1.807, 2.05) is 0 Å². The molecule has 0 radical (unpaired) electrons. The van der Waals surface area contributed by atoms with Crippen LogP contribution in [0.4, 0.5) is 0 Å². The van der Waals surface area contributed by atoms with Gasteiger partial charge in [0.25, 0.3) is 0 Å². The van der Waals surface area contributed by atoms with Crippen molar-refractivity contribution >= 4 is 22.6 Å². The highest BCUT2D eigenvalue weighted by atomic mass is 127. The van der Waals surface area contributed by atoms with Crippen LogP contribution in [0.3, 0.4) is 0 Å². The van der Waals surface area contributed by atoms with Crippen molar-refractivity contribution in [1.82, 2.24) is 0 Å². The van der Waals surface area contributed by atoms with Crippen LogP contribution >= 0.6 is 22.6 Å². The van der Waals surface area contributed by atoms with E-state index in [-0.39, 0.29) is 17.2 Å². The number of rotatable bonds is 9. The maximum Gasteiger partial charge on any atom is 0.164 e. The fourth-order valence-corrected chi connectivity index (χ4v) is 4.40. The molecule has 134 valence electrons. The summed E-state index contributed by atoms with van der Waals surface area (Å²) in [6.45, 7) is 2.24. The second-order valence-corrected chi connectivity index (χ2v) is 10.2. The van der Waals surface area contributed by atoms with E-state index in [4.69, 9.17) is 0 Å². The average molecular weight is 444 g/mol. The summed E-state index contributed by atoms with van der Waals surface area (Å²) in [5.41, 5.74) is 1.70. The molecule has 0 bridgehead atoms. The first-order valence-electron chi connectivity index (χ1n) is 9.33. The molecule has 2 aliphatic rings. The van der Waals surface area contributed by atoms with Crippen molar-refractivity contribution in [2.45, 2.75) is 81.0 Å². The van der Waals surface area contributed by atoms with E-state index in [9.17, 15) is 15.3 Å². The van der Waals surface area contributed by atoms with E-state index in [0.717, 1.165) is 25.7 Å². The third-order valence-corrected chi connectivity index (χ3v) is 7.76. The van der Waals surface area contributed by atoms with Gasteiger partial charge in [0.05, 0.1) is 0 Å². The zero-order chi connectivity index (χ0) is 17.4. The fraction of sp³-hybridized carbons (Fsp3) is 0.700. The van der Waals surface area contributed by atoms with E-state index in [1.54, 1.807) is 6.07 Å². The van der Waals surface area contributed by atoms with E-state index >= 15 is 0 Å². The van der Waals surface area contributed by atoms with Crippen LogP contribution in [0.1, 0.15) is 75.8 Å². The minimum Gasteiger partial charge on any atom is -0.508 e. The van der Waals surface area contributed by atoms with Gasteiger partial charge in [-0.3, -0.25) is 0 Å². The Morgan fingerprint density at radius 3 is 2.21 bits per heavy atom. The van der Waals surface area contributed by atoms with E-state index in [1.165, 1.54) is 32.1 Å². The van der Waals surface area contributed by atoms with Crippen molar-refractivity contribution in [3.8, 4) is 17.2 Å². The third kappa shape index (κ3) is 4.12. The van der Waals surface area contributed by atoms with Crippen LogP contribution in [0.2, 0.25) is 0 Å². The molecule has 2 fully saturated rings. The molecule has 4 heteroatoms. The Morgan fingerprint density at radius 1 is 0.958 bits per heavy atom. The molecule has 2 aliphatic carbocycles. The molecule has 0 saturated heterocycles. The minimum atomic E-state index is -0.109. The van der Waals surface area contributed by atoms with Crippen molar-refractivity contribution in [3.63, 3.8) is 0 Å². The third-order valence-electron chi connectivity index (χ3n) is 6.14. The molecule has 2 saturated carbocycles. The van der Waals surface area contributed by atoms with Crippen LogP contribution < -0.4 is 0 Å². The summed E-state index contributed by atoms with van der Waals surface area (Å²) in [7, 11) is 0. The SMILES string of the molecule is CCC1(CCCc2c(O)cc(CCCC3(I)CC3)c(O)c2O)CC1. The van der Waals surface area contributed by atoms with Crippen molar-refractivity contribution in [3.05, 3.63) is 17.2 Å². The van der Waals surface area contributed by atoms with Gasteiger partial charge in [-0.05, 0) is 75.7 Å². The van der Waals surface area contributed by atoms with Gasteiger partial charge >= 0.3 is 0 Å². The smallest absolute Gasteiger partial charge is 0.164 e. The molecule has 1 aromatic carbocycles. The van der Waals surface area contributed by atoms with Crippen molar-refractivity contribution in [2.24, 2.45) is 5.41 Å². The Balaban J connectivity index is 1.59. The van der Waals surface area contributed by atoms with E-state index in [0.29, 0.717) is 32.8 Å². The van der Waals surface area contributed by atoms with Crippen LogP contribution in [0.25, 0.3) is 0 Å². The van der Waals surface area contributed by atoms with Gasteiger partial charge < -0.3 is 15.3 Å². The summed E-state index contributed by atoms with van der Waals surface area (Å²) >= 11 is 2.53. The van der Waals surface area contributed by atoms with Crippen LogP contribution in [0.5, 0.6) is 17.2 Å². The first kappa shape index (κ1) is 18.2. The van der Waals surface area contributed by atoms with Crippen LogP contribution in [0.15, 0.2) is 6.07 Å². The van der Waals surface area contributed by atoms with Gasteiger partial charge in [0.2, 0.25) is 0 Å². The quantitative estimate of drug-likeness (QED) is 0.201. The van der Waals surface area contributed by atoms with Gasteiger partial charge in [0.15, 0.2) is 11.5 Å². The average Bonchev–Trinajstić information content (AvgIpc) is 3.47. The van der Waals surface area contributed by atoms with E-state index in [2.05, 4.69) is 29.5 Å². The molecule has 0 spiro atoms. The summed E-state index contributed by atoms with van der Waals surface area (Å²) in [4.78, 5) is 0. The Morgan fingerprint density at radius 2 is 1.62 bits per heavy atom. The Hall–Kier alpha value is -0.650. The van der Waals surface area contributed by atoms with Gasteiger partial charge in [-0.25, -0.2) is 0 Å². The molecule has 3 nitrogen and oxygen atoms in total. The monoisotopic (exact) mass is 444 g/mol. The normalized spacial score (nSPS) is 20.1. The lowest BCUT2D eigenvalue weighted by Crippen LogP contribution is -2.00. The molecule has 0 aromatic heterocycles. The topological polar surface area (TPSA) is 60.7 Å². The number of hydrogen-bond donors (Lipinski definition) is 3. The largest absolute Gasteiger partial charge is 0.508 e. The van der Waals surface area contributed by atoms with Gasteiger partial charge in [-0.15, -0.1) is 0 Å². The Bertz CT molecular complexity index is 603. The van der Waals surface area contributed by atoms with Crippen LogP contribution in [-0.2, 0) is 12.8 Å². The molecule has 3 rings (SSSR count). The lowest BCUT2D eigenvalue weighted by atomic mass is 9.93. The predicted octanol–water partition coefficient (Wildman–Crippen LogP) is 5.61. The lowest BCUT2D eigenvalue weighted by Gasteiger charge is -2.15. The highest BCUT2D eigenvalue weighted by Gasteiger charge is 2.40. The summed E-state index contributed by atoms with van der Waals surface area (Å²) in [6.07, 6.45) is 11.9. The first-order chi connectivity index (χ1) is 11.4. The van der Waals surface area contributed by atoms with Crippen molar-refractivity contribution in [2.75, 3.05) is 0 Å². The maximum atomic E-state index is 10.3. The molecule has 0 aliphatic heterocycles.